The minimum absolute atomic E-state index is 0.0910. The minimum Gasteiger partial charge on any atom is -0.490 e. The maximum Gasteiger partial charge on any atom is 0.307 e. The molecule has 1 aliphatic rings. The molecule has 5 rings (SSSR count). The zero-order valence-corrected chi connectivity index (χ0v) is 21.4. The summed E-state index contributed by atoms with van der Waals surface area (Å²) >= 11 is 0. The van der Waals surface area contributed by atoms with E-state index in [-0.39, 0.29) is 18.4 Å². The van der Waals surface area contributed by atoms with E-state index in [1.807, 2.05) is 19.1 Å². The molecule has 37 heavy (non-hydrogen) atoms. The number of aromatic nitrogens is 1. The molecule has 1 atom stereocenters. The van der Waals surface area contributed by atoms with Gasteiger partial charge < -0.3 is 19.5 Å². The summed E-state index contributed by atoms with van der Waals surface area (Å²) in [6, 6.07) is 18.6. The number of fused-ring (bicyclic) bond motifs is 2. The standard InChI is InChI=1S/C30H30N2O5/c1-18-12-19(2)29-27(13-18)31(4)16-24(37-29)17-36-23-10-8-21(9-11-23)30(35)32-20(3)14-25-22(15-28(33)34)6-5-7-26(25)32/h5-14,24H,15-17H2,1-4H3,(H,33,34). The average molecular weight is 499 g/mol. The van der Waals surface area contributed by atoms with Gasteiger partial charge in [0.15, 0.2) is 6.10 Å². The summed E-state index contributed by atoms with van der Waals surface area (Å²) in [4.78, 5) is 26.8. The van der Waals surface area contributed by atoms with Crippen molar-refractivity contribution in [3.8, 4) is 11.5 Å². The van der Waals surface area contributed by atoms with Crippen LogP contribution in [0.3, 0.4) is 0 Å². The highest BCUT2D eigenvalue weighted by Crippen LogP contribution is 2.36. The third kappa shape index (κ3) is 4.77. The molecule has 3 aromatic carbocycles. The molecule has 0 saturated heterocycles. The lowest BCUT2D eigenvalue weighted by Gasteiger charge is -2.35. The average Bonchev–Trinajstić information content (AvgIpc) is 3.20. The van der Waals surface area contributed by atoms with Crippen molar-refractivity contribution in [2.75, 3.05) is 25.1 Å². The number of carbonyl (C=O) groups excluding carboxylic acids is 1. The van der Waals surface area contributed by atoms with E-state index in [1.54, 1.807) is 41.0 Å². The molecule has 1 aliphatic heterocycles. The van der Waals surface area contributed by atoms with Gasteiger partial charge in [-0.3, -0.25) is 14.2 Å². The molecule has 0 amide bonds. The summed E-state index contributed by atoms with van der Waals surface area (Å²) in [5.74, 6) is 0.479. The molecule has 0 radical (unpaired) electrons. The quantitative estimate of drug-likeness (QED) is 0.396. The molecule has 0 bridgehead atoms. The van der Waals surface area contributed by atoms with Gasteiger partial charge in [-0.2, -0.15) is 0 Å². The number of aliphatic carboxylic acids is 1. The second kappa shape index (κ2) is 9.65. The highest BCUT2D eigenvalue weighted by Gasteiger charge is 2.26. The summed E-state index contributed by atoms with van der Waals surface area (Å²) in [7, 11) is 2.06. The van der Waals surface area contributed by atoms with Gasteiger partial charge in [-0.15, -0.1) is 0 Å². The minimum atomic E-state index is -0.903. The summed E-state index contributed by atoms with van der Waals surface area (Å²) in [6.45, 7) is 7.10. The molecule has 0 spiro atoms. The van der Waals surface area contributed by atoms with Crippen LogP contribution in [0.4, 0.5) is 5.69 Å². The fourth-order valence-corrected chi connectivity index (χ4v) is 5.09. The van der Waals surface area contributed by atoms with Gasteiger partial charge in [0.25, 0.3) is 5.91 Å². The van der Waals surface area contributed by atoms with E-state index in [0.717, 1.165) is 34.6 Å². The highest BCUT2D eigenvalue weighted by atomic mass is 16.5. The largest absolute Gasteiger partial charge is 0.490 e. The Bertz CT molecular complexity index is 1500. The second-order valence-corrected chi connectivity index (χ2v) is 9.73. The lowest BCUT2D eigenvalue weighted by Crippen LogP contribution is -2.41. The predicted octanol–water partition coefficient (Wildman–Crippen LogP) is 5.16. The fraction of sp³-hybridized carbons (Fsp3) is 0.267. The van der Waals surface area contributed by atoms with Crippen molar-refractivity contribution in [2.45, 2.75) is 33.3 Å². The maximum atomic E-state index is 13.4. The molecule has 7 heteroatoms. The van der Waals surface area contributed by atoms with Gasteiger partial charge in [-0.1, -0.05) is 18.2 Å². The predicted molar refractivity (Wildman–Crippen MR) is 143 cm³/mol. The van der Waals surface area contributed by atoms with Gasteiger partial charge in [0, 0.05) is 23.7 Å². The van der Waals surface area contributed by atoms with E-state index in [2.05, 4.69) is 37.9 Å². The number of carboxylic acids is 1. The molecule has 1 N–H and O–H groups in total. The van der Waals surface area contributed by atoms with Crippen LogP contribution >= 0.6 is 0 Å². The number of benzene rings is 3. The number of hydrogen-bond donors (Lipinski definition) is 1. The Hall–Kier alpha value is -4.26. The first-order chi connectivity index (χ1) is 17.7. The van der Waals surface area contributed by atoms with Crippen molar-refractivity contribution >= 4 is 28.5 Å². The summed E-state index contributed by atoms with van der Waals surface area (Å²) in [5.41, 5.74) is 6.07. The van der Waals surface area contributed by atoms with Gasteiger partial charge in [-0.25, -0.2) is 0 Å². The molecule has 0 fully saturated rings. The van der Waals surface area contributed by atoms with E-state index < -0.39 is 5.97 Å². The van der Waals surface area contributed by atoms with Crippen LogP contribution in [-0.2, 0) is 11.2 Å². The van der Waals surface area contributed by atoms with E-state index in [9.17, 15) is 14.7 Å². The summed E-state index contributed by atoms with van der Waals surface area (Å²) in [5, 5.41) is 10.0. The van der Waals surface area contributed by atoms with Gasteiger partial charge in [-0.05, 0) is 79.9 Å². The Labute approximate surface area is 215 Å². The SMILES string of the molecule is Cc1cc(C)c2c(c1)N(C)CC(COc1ccc(C(=O)n3c(C)cc4c(CC(=O)O)cccc43)cc1)O2. The molecule has 7 nitrogen and oxygen atoms in total. The maximum absolute atomic E-state index is 13.4. The number of aryl methyl sites for hydroxylation is 3. The van der Waals surface area contributed by atoms with Crippen LogP contribution in [0, 0.1) is 20.8 Å². The number of carbonyl (C=O) groups is 2. The van der Waals surface area contributed by atoms with Crippen LogP contribution in [0.5, 0.6) is 11.5 Å². The summed E-state index contributed by atoms with van der Waals surface area (Å²) in [6.07, 6.45) is -0.208. The van der Waals surface area contributed by atoms with Crippen molar-refractivity contribution in [1.82, 2.24) is 4.57 Å². The van der Waals surface area contributed by atoms with E-state index in [1.165, 1.54) is 5.56 Å². The number of likely N-dealkylation sites (N-methyl/N-ethyl adjacent to an activating group) is 1. The number of hydrogen-bond acceptors (Lipinski definition) is 5. The third-order valence-electron chi connectivity index (χ3n) is 6.77. The Morgan fingerprint density at radius 1 is 1.05 bits per heavy atom. The van der Waals surface area contributed by atoms with Crippen molar-refractivity contribution < 1.29 is 24.2 Å². The van der Waals surface area contributed by atoms with E-state index in [0.29, 0.717) is 29.0 Å². The van der Waals surface area contributed by atoms with Gasteiger partial charge in [0.2, 0.25) is 0 Å². The normalized spacial score (nSPS) is 14.8. The Kier molecular flexibility index (Phi) is 6.38. The van der Waals surface area contributed by atoms with E-state index >= 15 is 0 Å². The van der Waals surface area contributed by atoms with Crippen molar-refractivity contribution in [2.24, 2.45) is 0 Å². The first-order valence-corrected chi connectivity index (χ1v) is 12.3. The lowest BCUT2D eigenvalue weighted by atomic mass is 10.1. The Morgan fingerprint density at radius 2 is 1.81 bits per heavy atom. The van der Waals surface area contributed by atoms with Crippen molar-refractivity contribution in [3.05, 3.63) is 88.6 Å². The lowest BCUT2D eigenvalue weighted by molar-refractivity contribution is -0.136. The number of carboxylic acid groups (broad SMARTS) is 1. The number of anilines is 1. The zero-order valence-electron chi connectivity index (χ0n) is 21.4. The molecule has 0 saturated carbocycles. The molecule has 0 aliphatic carbocycles. The second-order valence-electron chi connectivity index (χ2n) is 9.73. The number of rotatable bonds is 6. The van der Waals surface area contributed by atoms with Crippen LogP contribution in [-0.4, -0.2) is 47.9 Å². The van der Waals surface area contributed by atoms with Crippen LogP contribution in [0.15, 0.2) is 60.7 Å². The van der Waals surface area contributed by atoms with Crippen molar-refractivity contribution in [1.29, 1.82) is 0 Å². The molecule has 2 heterocycles. The molecule has 1 unspecified atom stereocenters. The van der Waals surface area contributed by atoms with Gasteiger partial charge in [0.1, 0.15) is 18.1 Å². The third-order valence-corrected chi connectivity index (χ3v) is 6.77. The molecular formula is C30H30N2O5. The highest BCUT2D eigenvalue weighted by molar-refractivity contribution is 6.04. The van der Waals surface area contributed by atoms with Crippen LogP contribution in [0.25, 0.3) is 10.9 Å². The molecule has 4 aromatic rings. The van der Waals surface area contributed by atoms with Crippen molar-refractivity contribution in [3.63, 3.8) is 0 Å². The topological polar surface area (TPSA) is 81.0 Å². The van der Waals surface area contributed by atoms with Gasteiger partial charge >= 0.3 is 5.97 Å². The first kappa shape index (κ1) is 24.4. The number of ether oxygens (including phenoxy) is 2. The molecule has 1 aromatic heterocycles. The number of nitrogens with zero attached hydrogens (tertiary/aromatic N) is 2. The van der Waals surface area contributed by atoms with Gasteiger partial charge in [0.05, 0.1) is 24.2 Å². The Morgan fingerprint density at radius 3 is 2.54 bits per heavy atom. The summed E-state index contributed by atoms with van der Waals surface area (Å²) < 4.78 is 13.9. The molecule has 190 valence electrons. The van der Waals surface area contributed by atoms with E-state index in [4.69, 9.17) is 9.47 Å². The van der Waals surface area contributed by atoms with Crippen LogP contribution in [0.1, 0.15) is 32.7 Å². The monoisotopic (exact) mass is 498 g/mol. The fourth-order valence-electron chi connectivity index (χ4n) is 5.09. The zero-order chi connectivity index (χ0) is 26.3. The van der Waals surface area contributed by atoms with Crippen LogP contribution < -0.4 is 14.4 Å². The Balaban J connectivity index is 1.30. The van der Waals surface area contributed by atoms with Crippen LogP contribution in [0.2, 0.25) is 0 Å². The smallest absolute Gasteiger partial charge is 0.307 e. The molecular weight excluding hydrogens is 468 g/mol. The first-order valence-electron chi connectivity index (χ1n) is 12.3.